The molecule has 0 bridgehead atoms. The number of hydrogen-bond acceptors (Lipinski definition) is 8. The van der Waals surface area contributed by atoms with Gasteiger partial charge in [-0.25, -0.2) is 14.6 Å². The van der Waals surface area contributed by atoms with Crippen LogP contribution in [0.5, 0.6) is 0 Å². The topological polar surface area (TPSA) is 102 Å². The Morgan fingerprint density at radius 2 is 2.03 bits per heavy atom. The lowest BCUT2D eigenvalue weighted by Crippen LogP contribution is -2.38. The van der Waals surface area contributed by atoms with E-state index in [9.17, 15) is 4.79 Å². The van der Waals surface area contributed by atoms with Crippen LogP contribution >= 0.6 is 11.7 Å². The van der Waals surface area contributed by atoms with Gasteiger partial charge in [-0.15, -0.1) is 0 Å². The SMILES string of the molecule is O=C(Nc1cccc(-n2cccn2)c1)C1CCN(c2ncnc3nsnc23)CC1. The minimum atomic E-state index is -0.0366. The Labute approximate surface area is 170 Å². The monoisotopic (exact) mass is 406 g/mol. The number of anilines is 2. The van der Waals surface area contributed by atoms with E-state index < -0.39 is 0 Å². The summed E-state index contributed by atoms with van der Waals surface area (Å²) < 4.78 is 10.3. The molecule has 0 aliphatic carbocycles. The molecule has 146 valence electrons. The van der Waals surface area contributed by atoms with E-state index in [0.29, 0.717) is 5.65 Å². The van der Waals surface area contributed by atoms with Crippen molar-refractivity contribution in [3.8, 4) is 5.69 Å². The van der Waals surface area contributed by atoms with Crippen molar-refractivity contribution in [2.75, 3.05) is 23.3 Å². The molecule has 1 aliphatic rings. The molecule has 4 heterocycles. The largest absolute Gasteiger partial charge is 0.355 e. The Hall–Kier alpha value is -3.40. The molecule has 10 heteroatoms. The predicted molar refractivity (Wildman–Crippen MR) is 110 cm³/mol. The first-order valence-electron chi connectivity index (χ1n) is 9.37. The van der Waals surface area contributed by atoms with Gasteiger partial charge in [0.2, 0.25) is 5.91 Å². The summed E-state index contributed by atoms with van der Waals surface area (Å²) in [4.78, 5) is 23.5. The molecular weight excluding hydrogens is 388 g/mol. The third-order valence-corrected chi connectivity index (χ3v) is 5.61. The lowest BCUT2D eigenvalue weighted by Gasteiger charge is -2.32. The number of carbonyl (C=O) groups is 1. The van der Waals surface area contributed by atoms with Gasteiger partial charge >= 0.3 is 0 Å². The number of benzene rings is 1. The van der Waals surface area contributed by atoms with Crippen LogP contribution in [0.15, 0.2) is 49.1 Å². The molecule has 0 radical (unpaired) electrons. The van der Waals surface area contributed by atoms with Crippen molar-refractivity contribution in [3.63, 3.8) is 0 Å². The second-order valence-corrected chi connectivity index (χ2v) is 7.41. The van der Waals surface area contributed by atoms with E-state index in [1.807, 2.05) is 36.5 Å². The van der Waals surface area contributed by atoms with Crippen molar-refractivity contribution in [2.45, 2.75) is 12.8 Å². The molecule has 1 N–H and O–H groups in total. The van der Waals surface area contributed by atoms with Crippen molar-refractivity contribution in [3.05, 3.63) is 49.1 Å². The van der Waals surface area contributed by atoms with E-state index >= 15 is 0 Å². The van der Waals surface area contributed by atoms with Gasteiger partial charge in [-0.05, 0) is 37.1 Å². The lowest BCUT2D eigenvalue weighted by molar-refractivity contribution is -0.120. The maximum absolute atomic E-state index is 12.8. The number of nitrogens with one attached hydrogen (secondary N) is 1. The molecule has 1 saturated heterocycles. The maximum atomic E-state index is 12.8. The van der Waals surface area contributed by atoms with Crippen molar-refractivity contribution in [2.24, 2.45) is 5.92 Å². The third kappa shape index (κ3) is 3.54. The highest BCUT2D eigenvalue weighted by Crippen LogP contribution is 2.27. The quantitative estimate of drug-likeness (QED) is 0.556. The predicted octanol–water partition coefficient (Wildman–Crippen LogP) is 2.52. The zero-order valence-corrected chi connectivity index (χ0v) is 16.3. The first kappa shape index (κ1) is 17.7. The molecule has 4 aromatic rings. The van der Waals surface area contributed by atoms with Crippen LogP contribution in [0.1, 0.15) is 12.8 Å². The fourth-order valence-electron chi connectivity index (χ4n) is 3.59. The standard InChI is InChI=1S/C19H18N8OS/c28-19(23-14-3-1-4-15(11-14)27-8-2-7-22-27)13-5-9-26(10-6-13)18-16-17(20-12-21-18)25-29-24-16/h1-4,7-8,11-13H,5-6,9-10H2,(H,23,28). The summed E-state index contributed by atoms with van der Waals surface area (Å²) >= 11 is 1.14. The normalized spacial score (nSPS) is 15.0. The summed E-state index contributed by atoms with van der Waals surface area (Å²) in [7, 11) is 0. The number of fused-ring (bicyclic) bond motifs is 1. The molecule has 1 amide bonds. The Bertz CT molecular complexity index is 1130. The van der Waals surface area contributed by atoms with Crippen LogP contribution in [-0.4, -0.2) is 47.5 Å². The zero-order chi connectivity index (χ0) is 19.6. The van der Waals surface area contributed by atoms with E-state index in [0.717, 1.165) is 60.4 Å². The Morgan fingerprint density at radius 3 is 2.86 bits per heavy atom. The number of piperidine rings is 1. The molecule has 29 heavy (non-hydrogen) atoms. The molecule has 9 nitrogen and oxygen atoms in total. The van der Waals surface area contributed by atoms with Gasteiger partial charge in [0.15, 0.2) is 17.0 Å². The summed E-state index contributed by atoms with van der Waals surface area (Å²) in [5, 5.41) is 7.28. The fraction of sp³-hybridized carbons (Fsp3) is 0.263. The number of carbonyl (C=O) groups excluding carboxylic acids is 1. The molecule has 1 aromatic carbocycles. The van der Waals surface area contributed by atoms with Crippen molar-refractivity contribution in [1.29, 1.82) is 0 Å². The molecule has 3 aromatic heterocycles. The van der Waals surface area contributed by atoms with E-state index in [4.69, 9.17) is 0 Å². The first-order valence-corrected chi connectivity index (χ1v) is 10.1. The van der Waals surface area contributed by atoms with Gasteiger partial charge in [0.25, 0.3) is 0 Å². The second kappa shape index (κ2) is 7.55. The molecule has 0 unspecified atom stereocenters. The molecule has 1 aliphatic heterocycles. The van der Waals surface area contributed by atoms with E-state index in [1.54, 1.807) is 10.9 Å². The van der Waals surface area contributed by atoms with Gasteiger partial charge in [0.1, 0.15) is 6.33 Å². The van der Waals surface area contributed by atoms with Gasteiger partial charge in [-0.3, -0.25) is 4.79 Å². The number of rotatable bonds is 4. The molecule has 5 rings (SSSR count). The summed E-state index contributed by atoms with van der Waals surface area (Å²) in [6.45, 7) is 1.49. The summed E-state index contributed by atoms with van der Waals surface area (Å²) in [5.41, 5.74) is 3.04. The third-order valence-electron chi connectivity index (χ3n) is 5.09. The second-order valence-electron chi connectivity index (χ2n) is 6.89. The van der Waals surface area contributed by atoms with Crippen molar-refractivity contribution >= 4 is 40.3 Å². The molecule has 0 atom stereocenters. The summed E-state index contributed by atoms with van der Waals surface area (Å²) in [6.07, 6.45) is 6.64. The molecule has 0 spiro atoms. The van der Waals surface area contributed by atoms with E-state index in [2.05, 4.69) is 34.0 Å². The van der Waals surface area contributed by atoms with Gasteiger partial charge in [-0.1, -0.05) is 6.07 Å². The minimum Gasteiger partial charge on any atom is -0.355 e. The van der Waals surface area contributed by atoms with Crippen LogP contribution in [0.25, 0.3) is 16.9 Å². The number of nitrogens with zero attached hydrogens (tertiary/aromatic N) is 7. The highest BCUT2D eigenvalue weighted by atomic mass is 32.1. The Balaban J connectivity index is 1.24. The number of amides is 1. The van der Waals surface area contributed by atoms with Gasteiger partial charge in [0.05, 0.1) is 17.4 Å². The van der Waals surface area contributed by atoms with Crippen LogP contribution in [0, 0.1) is 5.92 Å². The van der Waals surface area contributed by atoms with Crippen molar-refractivity contribution < 1.29 is 4.79 Å². The average Bonchev–Trinajstić information content (AvgIpc) is 3.46. The van der Waals surface area contributed by atoms with Crippen LogP contribution in [0.4, 0.5) is 11.5 Å². The fourth-order valence-corrected chi connectivity index (χ4v) is 4.08. The zero-order valence-electron chi connectivity index (χ0n) is 15.5. The maximum Gasteiger partial charge on any atom is 0.227 e. The average molecular weight is 406 g/mol. The van der Waals surface area contributed by atoms with E-state index in [1.165, 1.54) is 6.33 Å². The van der Waals surface area contributed by atoms with Crippen molar-refractivity contribution in [1.82, 2.24) is 28.5 Å². The van der Waals surface area contributed by atoms with Crippen LogP contribution in [-0.2, 0) is 4.79 Å². The molecular formula is C19H18N8OS. The van der Waals surface area contributed by atoms with Crippen LogP contribution in [0.2, 0.25) is 0 Å². The minimum absolute atomic E-state index is 0.0366. The highest BCUT2D eigenvalue weighted by Gasteiger charge is 2.27. The Kier molecular flexibility index (Phi) is 4.60. The van der Waals surface area contributed by atoms with Gasteiger partial charge in [-0.2, -0.15) is 13.8 Å². The van der Waals surface area contributed by atoms with Crippen LogP contribution < -0.4 is 10.2 Å². The van der Waals surface area contributed by atoms with Crippen LogP contribution in [0.3, 0.4) is 0 Å². The van der Waals surface area contributed by atoms with Gasteiger partial charge < -0.3 is 10.2 Å². The molecule has 0 saturated carbocycles. The highest BCUT2D eigenvalue weighted by molar-refractivity contribution is 7.00. The van der Waals surface area contributed by atoms with Gasteiger partial charge in [0, 0.05) is 37.1 Å². The Morgan fingerprint density at radius 1 is 1.14 bits per heavy atom. The number of hydrogen-bond donors (Lipinski definition) is 1. The summed E-state index contributed by atoms with van der Waals surface area (Å²) in [5.74, 6) is 0.811. The van der Waals surface area contributed by atoms with E-state index in [-0.39, 0.29) is 11.8 Å². The summed E-state index contributed by atoms with van der Waals surface area (Å²) in [6, 6.07) is 9.56. The molecule has 1 fully saturated rings. The number of aromatic nitrogens is 6. The first-order chi connectivity index (χ1) is 14.3. The smallest absolute Gasteiger partial charge is 0.227 e. The lowest BCUT2D eigenvalue weighted by atomic mass is 9.95.